The number of halogens is 1. The highest BCUT2D eigenvalue weighted by molar-refractivity contribution is 6.30. The lowest BCUT2D eigenvalue weighted by molar-refractivity contribution is -0.384. The van der Waals surface area contributed by atoms with Gasteiger partial charge in [0.25, 0.3) is 0 Å². The zero-order chi connectivity index (χ0) is 14.2. The van der Waals surface area contributed by atoms with E-state index in [9.17, 15) is 14.9 Å². The summed E-state index contributed by atoms with van der Waals surface area (Å²) in [4.78, 5) is 27.1. The van der Waals surface area contributed by atoms with Gasteiger partial charge in [-0.15, -0.1) is 0 Å². The Morgan fingerprint density at radius 1 is 1.63 bits per heavy atom. The molecule has 19 heavy (non-hydrogen) atoms. The molecule has 0 radical (unpaired) electrons. The zero-order valence-electron chi connectivity index (χ0n) is 10.1. The Morgan fingerprint density at radius 2 is 2.32 bits per heavy atom. The standard InChI is InChI=1S/C11H12ClN3O4/c1-6-4-14(5-8(6)11(16)17)10-9(15(18)19)2-7(12)3-13-10/h2-3,6,8H,4-5H2,1H3,(H,16,17)/t6-,8-/m1/s1. The summed E-state index contributed by atoms with van der Waals surface area (Å²) >= 11 is 5.70. The van der Waals surface area contributed by atoms with E-state index in [4.69, 9.17) is 16.7 Å². The van der Waals surface area contributed by atoms with Crippen molar-refractivity contribution in [3.63, 3.8) is 0 Å². The number of carboxylic acids is 1. The van der Waals surface area contributed by atoms with Crippen molar-refractivity contribution in [1.82, 2.24) is 4.98 Å². The van der Waals surface area contributed by atoms with E-state index < -0.39 is 16.8 Å². The van der Waals surface area contributed by atoms with Crippen LogP contribution in [0.5, 0.6) is 0 Å². The summed E-state index contributed by atoms with van der Waals surface area (Å²) in [6, 6.07) is 1.22. The van der Waals surface area contributed by atoms with Crippen LogP contribution in [0.4, 0.5) is 11.5 Å². The van der Waals surface area contributed by atoms with Crippen LogP contribution in [0.1, 0.15) is 6.92 Å². The summed E-state index contributed by atoms with van der Waals surface area (Å²) in [5.41, 5.74) is -0.203. The van der Waals surface area contributed by atoms with Gasteiger partial charge >= 0.3 is 11.7 Å². The molecule has 2 heterocycles. The van der Waals surface area contributed by atoms with Crippen molar-refractivity contribution in [1.29, 1.82) is 0 Å². The number of anilines is 1. The third kappa shape index (κ3) is 2.60. The minimum absolute atomic E-state index is 0.0883. The van der Waals surface area contributed by atoms with Crippen molar-refractivity contribution >= 4 is 29.1 Å². The Balaban J connectivity index is 2.33. The number of carboxylic acid groups (broad SMARTS) is 1. The fourth-order valence-electron chi connectivity index (χ4n) is 2.26. The maximum absolute atomic E-state index is 11.1. The van der Waals surface area contributed by atoms with Gasteiger partial charge in [-0.25, -0.2) is 4.98 Å². The minimum atomic E-state index is -0.897. The lowest BCUT2D eigenvalue weighted by atomic mass is 9.99. The van der Waals surface area contributed by atoms with Gasteiger partial charge in [-0.05, 0) is 5.92 Å². The second-order valence-electron chi connectivity index (χ2n) is 4.58. The number of carbonyl (C=O) groups is 1. The molecule has 1 N–H and O–H groups in total. The Bertz CT molecular complexity index is 537. The maximum atomic E-state index is 11.1. The molecule has 1 saturated heterocycles. The van der Waals surface area contributed by atoms with Gasteiger partial charge < -0.3 is 10.0 Å². The number of hydrogen-bond donors (Lipinski definition) is 1. The van der Waals surface area contributed by atoms with Crippen LogP contribution in [-0.2, 0) is 4.79 Å². The van der Waals surface area contributed by atoms with E-state index in [1.54, 1.807) is 11.8 Å². The number of pyridine rings is 1. The highest BCUT2D eigenvalue weighted by Crippen LogP contribution is 2.33. The third-order valence-corrected chi connectivity index (χ3v) is 3.45. The van der Waals surface area contributed by atoms with Crippen LogP contribution in [0.15, 0.2) is 12.3 Å². The van der Waals surface area contributed by atoms with Gasteiger partial charge in [-0.1, -0.05) is 18.5 Å². The normalized spacial score (nSPS) is 22.5. The molecule has 1 aliphatic rings. The fraction of sp³-hybridized carbons (Fsp3) is 0.455. The molecule has 0 aromatic carbocycles. The molecule has 0 saturated carbocycles. The molecule has 1 aromatic rings. The Morgan fingerprint density at radius 3 is 2.84 bits per heavy atom. The summed E-state index contributed by atoms with van der Waals surface area (Å²) < 4.78 is 0. The summed E-state index contributed by atoms with van der Waals surface area (Å²) in [7, 11) is 0. The number of nitro groups is 1. The van der Waals surface area contributed by atoms with Crippen molar-refractivity contribution in [2.75, 3.05) is 18.0 Å². The fourth-order valence-corrected chi connectivity index (χ4v) is 2.41. The lowest BCUT2D eigenvalue weighted by Gasteiger charge is -2.16. The first-order valence-corrected chi connectivity index (χ1v) is 6.05. The summed E-state index contributed by atoms with van der Waals surface area (Å²) in [6.45, 7) is 2.44. The molecule has 0 amide bonds. The van der Waals surface area contributed by atoms with E-state index in [0.29, 0.717) is 6.54 Å². The molecular formula is C11H12ClN3O4. The van der Waals surface area contributed by atoms with Crippen molar-refractivity contribution in [2.24, 2.45) is 11.8 Å². The smallest absolute Gasteiger partial charge is 0.313 e. The van der Waals surface area contributed by atoms with Crippen molar-refractivity contribution < 1.29 is 14.8 Å². The monoisotopic (exact) mass is 285 g/mol. The van der Waals surface area contributed by atoms with Gasteiger partial charge in [0.1, 0.15) is 0 Å². The van der Waals surface area contributed by atoms with Crippen molar-refractivity contribution in [3.8, 4) is 0 Å². The van der Waals surface area contributed by atoms with E-state index in [1.165, 1.54) is 12.3 Å². The first-order chi connectivity index (χ1) is 8.90. The van der Waals surface area contributed by atoms with Gasteiger partial charge in [0.05, 0.1) is 15.9 Å². The highest BCUT2D eigenvalue weighted by Gasteiger charge is 2.37. The van der Waals surface area contributed by atoms with E-state index >= 15 is 0 Å². The SMILES string of the molecule is C[C@@H]1CN(c2ncc(Cl)cc2[N+](=O)[O-])C[C@H]1C(=O)O. The molecular weight excluding hydrogens is 274 g/mol. The molecule has 8 heteroatoms. The number of nitrogens with zero attached hydrogens (tertiary/aromatic N) is 3. The summed E-state index contributed by atoms with van der Waals surface area (Å²) in [6.07, 6.45) is 1.32. The van der Waals surface area contributed by atoms with Crippen LogP contribution < -0.4 is 4.90 Å². The number of hydrogen-bond acceptors (Lipinski definition) is 5. The number of rotatable bonds is 3. The molecule has 102 valence electrons. The number of aliphatic carboxylic acids is 1. The first kappa shape index (κ1) is 13.5. The topological polar surface area (TPSA) is 96.6 Å². The Labute approximate surface area is 114 Å². The van der Waals surface area contributed by atoms with Gasteiger partial charge in [-0.3, -0.25) is 14.9 Å². The van der Waals surface area contributed by atoms with Gasteiger partial charge in [0.15, 0.2) is 0 Å². The average molecular weight is 286 g/mol. The second kappa shape index (κ2) is 5.00. The van der Waals surface area contributed by atoms with Crippen LogP contribution in [0, 0.1) is 22.0 Å². The van der Waals surface area contributed by atoms with Gasteiger partial charge in [-0.2, -0.15) is 0 Å². The third-order valence-electron chi connectivity index (χ3n) is 3.24. The van der Waals surface area contributed by atoms with Gasteiger partial charge in [0, 0.05) is 25.4 Å². The molecule has 2 atom stereocenters. The molecule has 2 rings (SSSR count). The lowest BCUT2D eigenvalue weighted by Crippen LogP contribution is -2.24. The molecule has 0 bridgehead atoms. The van der Waals surface area contributed by atoms with Crippen LogP contribution >= 0.6 is 11.6 Å². The maximum Gasteiger partial charge on any atom is 0.313 e. The van der Waals surface area contributed by atoms with Crippen LogP contribution in [0.3, 0.4) is 0 Å². The van der Waals surface area contributed by atoms with E-state index in [0.717, 1.165) is 0 Å². The minimum Gasteiger partial charge on any atom is -0.481 e. The average Bonchev–Trinajstić information content (AvgIpc) is 2.71. The molecule has 0 unspecified atom stereocenters. The predicted molar refractivity (Wildman–Crippen MR) is 68.4 cm³/mol. The van der Waals surface area contributed by atoms with E-state index in [1.807, 2.05) is 0 Å². The quantitative estimate of drug-likeness (QED) is 0.672. The number of aromatic nitrogens is 1. The van der Waals surface area contributed by atoms with Crippen LogP contribution in [-0.4, -0.2) is 34.1 Å². The summed E-state index contributed by atoms with van der Waals surface area (Å²) in [5, 5.41) is 20.2. The van der Waals surface area contributed by atoms with E-state index in [-0.39, 0.29) is 29.0 Å². The molecule has 0 spiro atoms. The first-order valence-electron chi connectivity index (χ1n) is 5.68. The van der Waals surface area contributed by atoms with Crippen molar-refractivity contribution in [2.45, 2.75) is 6.92 Å². The molecule has 0 aliphatic carbocycles. The molecule has 1 aromatic heterocycles. The van der Waals surface area contributed by atoms with Gasteiger partial charge in [0.2, 0.25) is 5.82 Å². The molecule has 1 fully saturated rings. The summed E-state index contributed by atoms with van der Waals surface area (Å²) in [5.74, 6) is -1.36. The van der Waals surface area contributed by atoms with E-state index in [2.05, 4.69) is 4.98 Å². The van der Waals surface area contributed by atoms with Crippen LogP contribution in [0.2, 0.25) is 5.02 Å². The van der Waals surface area contributed by atoms with Crippen molar-refractivity contribution in [3.05, 3.63) is 27.4 Å². The Hall–Kier alpha value is -1.89. The highest BCUT2D eigenvalue weighted by atomic mass is 35.5. The predicted octanol–water partition coefficient (Wildman–Crippen LogP) is 1.80. The molecule has 1 aliphatic heterocycles. The Kier molecular flexibility index (Phi) is 3.57. The second-order valence-corrected chi connectivity index (χ2v) is 5.02. The zero-order valence-corrected chi connectivity index (χ0v) is 10.9. The van der Waals surface area contributed by atoms with Crippen LogP contribution in [0.25, 0.3) is 0 Å². The molecule has 7 nitrogen and oxygen atoms in total. The largest absolute Gasteiger partial charge is 0.481 e.